The van der Waals surface area contributed by atoms with E-state index in [0.717, 1.165) is 11.1 Å². The normalized spacial score (nSPS) is 39.8. The third-order valence-electron chi connectivity index (χ3n) is 11.3. The van der Waals surface area contributed by atoms with Crippen molar-refractivity contribution < 1.29 is 9.59 Å². The molecular formula is C31H39N3O2. The molecular weight excluding hydrogens is 446 g/mol. The van der Waals surface area contributed by atoms with Crippen molar-refractivity contribution in [3.05, 3.63) is 42.2 Å². The van der Waals surface area contributed by atoms with Gasteiger partial charge in [-0.2, -0.15) is 0 Å². The van der Waals surface area contributed by atoms with Crippen molar-refractivity contribution in [2.45, 2.75) is 85.0 Å². The molecule has 8 rings (SSSR count). The number of nitrogens with zero attached hydrogens (tertiary/aromatic N) is 3. The van der Waals surface area contributed by atoms with E-state index in [2.05, 4.69) is 95.5 Å². The number of hydrogen-bond acceptors (Lipinski definition) is 3. The Morgan fingerprint density at radius 1 is 0.750 bits per heavy atom. The van der Waals surface area contributed by atoms with Crippen LogP contribution in [0.2, 0.25) is 0 Å². The zero-order valence-electron chi connectivity index (χ0n) is 22.8. The molecule has 0 N–H and O–H groups in total. The van der Waals surface area contributed by atoms with E-state index < -0.39 is 0 Å². The number of amides is 2. The van der Waals surface area contributed by atoms with Crippen molar-refractivity contribution in [1.29, 1.82) is 0 Å². The maximum atomic E-state index is 14.6. The first-order valence-electron chi connectivity index (χ1n) is 14.0. The number of hydrogen-bond donors (Lipinski definition) is 0. The molecule has 190 valence electrons. The average Bonchev–Trinajstić information content (AvgIpc) is 2.81. The Labute approximate surface area is 214 Å². The molecule has 0 radical (unpaired) electrons. The number of aromatic nitrogens is 1. The molecule has 6 aliphatic carbocycles. The van der Waals surface area contributed by atoms with Crippen LogP contribution in [0, 0.1) is 40.4 Å². The summed E-state index contributed by atoms with van der Waals surface area (Å²) in [6, 6.07) is 11.2. The van der Waals surface area contributed by atoms with Gasteiger partial charge >= 0.3 is 0 Å². The Kier molecular flexibility index (Phi) is 4.12. The molecule has 1 aromatic carbocycles. The Morgan fingerprint density at radius 3 is 1.83 bits per heavy atom. The number of benzene rings is 1. The maximum absolute atomic E-state index is 14.6. The van der Waals surface area contributed by atoms with Crippen molar-refractivity contribution in [3.8, 4) is 0 Å². The third-order valence-corrected chi connectivity index (χ3v) is 11.3. The van der Waals surface area contributed by atoms with Crippen molar-refractivity contribution in [3.63, 3.8) is 0 Å². The van der Waals surface area contributed by atoms with E-state index in [4.69, 9.17) is 4.98 Å². The summed E-state index contributed by atoms with van der Waals surface area (Å²) in [6.45, 7) is 17.1. The molecule has 0 bridgehead atoms. The van der Waals surface area contributed by atoms with E-state index in [1.54, 1.807) is 0 Å². The number of rotatable bonds is 7. The van der Waals surface area contributed by atoms with Gasteiger partial charge in [-0.1, -0.05) is 24.3 Å². The van der Waals surface area contributed by atoms with E-state index in [9.17, 15) is 9.59 Å². The summed E-state index contributed by atoms with van der Waals surface area (Å²) in [6.07, 6.45) is 1.92. The molecule has 6 fully saturated rings. The first kappa shape index (κ1) is 22.7. The van der Waals surface area contributed by atoms with Gasteiger partial charge in [0.15, 0.2) is 0 Å². The van der Waals surface area contributed by atoms with Crippen LogP contribution in [-0.4, -0.2) is 50.8 Å². The smallest absolute Gasteiger partial charge is 0.230 e. The molecule has 4 atom stereocenters. The fourth-order valence-corrected chi connectivity index (χ4v) is 11.1. The molecule has 0 spiro atoms. The third kappa shape index (κ3) is 1.81. The van der Waals surface area contributed by atoms with Crippen LogP contribution in [0.5, 0.6) is 0 Å². The highest BCUT2D eigenvalue weighted by atomic mass is 16.2. The van der Waals surface area contributed by atoms with Gasteiger partial charge in [-0.05, 0) is 96.4 Å². The van der Waals surface area contributed by atoms with Crippen molar-refractivity contribution in [2.75, 3.05) is 0 Å². The second-order valence-corrected chi connectivity index (χ2v) is 13.4. The van der Waals surface area contributed by atoms with Gasteiger partial charge in [0, 0.05) is 41.2 Å². The summed E-state index contributed by atoms with van der Waals surface area (Å²) in [7, 11) is 0. The summed E-state index contributed by atoms with van der Waals surface area (Å²) in [5.74, 6) is 2.24. The lowest BCUT2D eigenvalue weighted by Gasteiger charge is -3.13. The van der Waals surface area contributed by atoms with Gasteiger partial charge in [0.25, 0.3) is 0 Å². The minimum absolute atomic E-state index is 0.156. The summed E-state index contributed by atoms with van der Waals surface area (Å²) in [5, 5.41) is 2.34. The Bertz CT molecular complexity index is 1280. The lowest BCUT2D eigenvalue weighted by atomic mass is 8.87. The lowest BCUT2D eigenvalue weighted by Crippen LogP contribution is -3.18. The predicted octanol–water partition coefficient (Wildman–Crippen LogP) is 4.89. The molecule has 2 aromatic rings. The van der Waals surface area contributed by atoms with E-state index in [1.165, 1.54) is 5.39 Å². The fourth-order valence-electron chi connectivity index (χ4n) is 11.1. The molecule has 6 saturated carbocycles. The van der Waals surface area contributed by atoms with Gasteiger partial charge in [0.05, 0.1) is 16.5 Å². The Morgan fingerprint density at radius 2 is 1.28 bits per heavy atom. The minimum Gasteiger partial charge on any atom is -0.337 e. The number of carbonyl (C=O) groups is 2. The molecule has 6 aliphatic rings. The minimum atomic E-state index is -0.360. The summed E-state index contributed by atoms with van der Waals surface area (Å²) >= 11 is 0. The highest BCUT2D eigenvalue weighted by Gasteiger charge is 3.19. The quantitative estimate of drug-likeness (QED) is 0.561. The van der Waals surface area contributed by atoms with Crippen LogP contribution >= 0.6 is 0 Å². The van der Waals surface area contributed by atoms with E-state index >= 15 is 0 Å². The van der Waals surface area contributed by atoms with E-state index in [1.807, 2.05) is 6.20 Å². The first-order chi connectivity index (χ1) is 17.0. The van der Waals surface area contributed by atoms with Crippen molar-refractivity contribution in [1.82, 2.24) is 14.8 Å². The van der Waals surface area contributed by atoms with Gasteiger partial charge in [0.1, 0.15) is 0 Å². The molecule has 1 aromatic heterocycles. The fraction of sp³-hybridized carbons (Fsp3) is 0.645. The second kappa shape index (κ2) is 6.52. The first-order valence-corrected chi connectivity index (χ1v) is 14.0. The van der Waals surface area contributed by atoms with Crippen LogP contribution in [0.4, 0.5) is 0 Å². The Hall–Kier alpha value is -2.43. The molecule has 0 saturated heterocycles. The highest BCUT2D eigenvalue weighted by molar-refractivity contribution is 6.05. The number of carbonyl (C=O) groups excluding carboxylic acids is 2. The number of fused-ring (bicyclic) bond motifs is 1. The SMILES string of the molecule is CC(C)N(C(=O)C12C3C4C1C1(c5nccc6ccccc56)C2C3C41C(=O)N(C(C)C)C(C)C)C(C)C. The topological polar surface area (TPSA) is 53.5 Å². The monoisotopic (exact) mass is 485 g/mol. The zero-order chi connectivity index (χ0) is 25.7. The molecule has 36 heavy (non-hydrogen) atoms. The summed E-state index contributed by atoms with van der Waals surface area (Å²) in [4.78, 5) is 38.1. The van der Waals surface area contributed by atoms with Crippen LogP contribution < -0.4 is 0 Å². The molecule has 5 heteroatoms. The highest BCUT2D eigenvalue weighted by Crippen LogP contribution is 3.14. The Balaban J connectivity index is 1.39. The maximum Gasteiger partial charge on any atom is 0.230 e. The summed E-state index contributed by atoms with van der Waals surface area (Å²) < 4.78 is 0. The predicted molar refractivity (Wildman–Crippen MR) is 140 cm³/mol. The van der Waals surface area contributed by atoms with Gasteiger partial charge in [-0.15, -0.1) is 0 Å². The molecule has 2 amide bonds. The van der Waals surface area contributed by atoms with Crippen LogP contribution in [0.3, 0.4) is 0 Å². The molecule has 1 heterocycles. The van der Waals surface area contributed by atoms with Gasteiger partial charge in [-0.25, -0.2) is 0 Å². The standard InChI is InChI=1S/C31H39N3O2/c1-15(2)33(16(3)4)27(35)29-21-22-24(29)31(26-20-12-10-9-11-19(20)13-14-32-26)25(29)23(21)30(22,31)28(36)34(17(5)6)18(7)8/h9-18,21-25H,1-8H3. The van der Waals surface area contributed by atoms with E-state index in [-0.39, 0.29) is 52.2 Å². The second-order valence-electron chi connectivity index (χ2n) is 13.4. The molecule has 4 unspecified atom stereocenters. The molecule has 0 aliphatic heterocycles. The van der Waals surface area contributed by atoms with Crippen molar-refractivity contribution in [2.24, 2.45) is 40.4 Å². The van der Waals surface area contributed by atoms with Crippen molar-refractivity contribution >= 4 is 22.6 Å². The molecule has 5 nitrogen and oxygen atoms in total. The van der Waals surface area contributed by atoms with Crippen LogP contribution in [0.25, 0.3) is 10.8 Å². The average molecular weight is 486 g/mol. The zero-order valence-corrected chi connectivity index (χ0v) is 22.8. The number of pyridine rings is 1. The van der Waals surface area contributed by atoms with Crippen LogP contribution in [0.1, 0.15) is 61.1 Å². The van der Waals surface area contributed by atoms with Crippen LogP contribution in [-0.2, 0) is 15.0 Å². The van der Waals surface area contributed by atoms with Gasteiger partial charge < -0.3 is 9.80 Å². The van der Waals surface area contributed by atoms with E-state index in [0.29, 0.717) is 29.6 Å². The largest absolute Gasteiger partial charge is 0.337 e. The van der Waals surface area contributed by atoms with Gasteiger partial charge in [0.2, 0.25) is 11.8 Å². The summed E-state index contributed by atoms with van der Waals surface area (Å²) in [5.41, 5.74) is 0.185. The van der Waals surface area contributed by atoms with Crippen LogP contribution in [0.15, 0.2) is 36.5 Å². The lowest BCUT2D eigenvalue weighted by molar-refractivity contribution is -0.641. The van der Waals surface area contributed by atoms with Gasteiger partial charge in [-0.3, -0.25) is 14.6 Å².